The first-order valence-electron chi connectivity index (χ1n) is 5.59. The van der Waals surface area contributed by atoms with Crippen LogP contribution in [0.25, 0.3) is 0 Å². The molecule has 99 valence electrons. The Bertz CT molecular complexity index is 586. The van der Waals surface area contributed by atoms with Gasteiger partial charge in [-0.05, 0) is 43.3 Å². The third-order valence-corrected chi connectivity index (χ3v) is 4.23. The molecule has 5 heteroatoms. The quantitative estimate of drug-likeness (QED) is 0.766. The summed E-state index contributed by atoms with van der Waals surface area (Å²) in [5.41, 5.74) is 0.308. The standard InChI is InChI=1S/C14H11F3OP/c1-10-2-6-12(7-3-10)19(18)13-8-4-11(5-9-13)14(15,16)17/h2-9H,1H3. The van der Waals surface area contributed by atoms with Crippen LogP contribution in [0.2, 0.25) is 0 Å². The predicted molar refractivity (Wildman–Crippen MR) is 69.5 cm³/mol. The third kappa shape index (κ3) is 3.21. The van der Waals surface area contributed by atoms with Crippen molar-refractivity contribution in [2.24, 2.45) is 0 Å². The van der Waals surface area contributed by atoms with E-state index in [1.165, 1.54) is 12.1 Å². The first-order chi connectivity index (χ1) is 8.88. The summed E-state index contributed by atoms with van der Waals surface area (Å²) in [5, 5.41) is 1.01. The molecule has 0 spiro atoms. The van der Waals surface area contributed by atoms with Gasteiger partial charge in [0.25, 0.3) is 0 Å². The zero-order valence-electron chi connectivity index (χ0n) is 10.1. The average molecular weight is 283 g/mol. The Morgan fingerprint density at radius 2 is 1.26 bits per heavy atom. The van der Waals surface area contributed by atoms with Crippen molar-refractivity contribution in [2.75, 3.05) is 0 Å². The second kappa shape index (κ2) is 5.14. The summed E-state index contributed by atoms with van der Waals surface area (Å²) in [6.45, 7) is 1.91. The molecular formula is C14H11F3OP. The Balaban J connectivity index is 2.27. The number of hydrogen-bond donors (Lipinski definition) is 0. The molecule has 2 aromatic rings. The average Bonchev–Trinajstić information content (AvgIpc) is 2.38. The largest absolute Gasteiger partial charge is 0.416 e. The summed E-state index contributed by atoms with van der Waals surface area (Å²) in [6.07, 6.45) is -4.37. The molecule has 0 aromatic heterocycles. The number of benzene rings is 2. The van der Waals surface area contributed by atoms with Crippen LogP contribution in [0.5, 0.6) is 0 Å². The van der Waals surface area contributed by atoms with E-state index in [0.717, 1.165) is 17.7 Å². The Kier molecular flexibility index (Phi) is 3.72. The van der Waals surface area contributed by atoms with Gasteiger partial charge in [0.2, 0.25) is 0 Å². The number of halogens is 3. The van der Waals surface area contributed by atoms with Crippen molar-refractivity contribution in [3.8, 4) is 0 Å². The molecule has 1 atom stereocenters. The van der Waals surface area contributed by atoms with Crippen molar-refractivity contribution in [3.05, 3.63) is 59.7 Å². The van der Waals surface area contributed by atoms with Crippen molar-refractivity contribution in [1.29, 1.82) is 0 Å². The van der Waals surface area contributed by atoms with Gasteiger partial charge < -0.3 is 0 Å². The van der Waals surface area contributed by atoms with Crippen molar-refractivity contribution in [2.45, 2.75) is 13.1 Å². The molecule has 0 saturated carbocycles. The number of rotatable bonds is 2. The van der Waals surface area contributed by atoms with Gasteiger partial charge in [-0.3, -0.25) is 4.57 Å². The highest BCUT2D eigenvalue weighted by atomic mass is 31.1. The summed E-state index contributed by atoms with van der Waals surface area (Å²) < 4.78 is 49.4. The Morgan fingerprint density at radius 1 is 0.842 bits per heavy atom. The molecular weight excluding hydrogens is 272 g/mol. The Labute approximate surface area is 109 Å². The lowest BCUT2D eigenvalue weighted by Crippen LogP contribution is -2.09. The Hall–Kier alpha value is -1.67. The lowest BCUT2D eigenvalue weighted by atomic mass is 10.2. The van der Waals surface area contributed by atoms with Crippen LogP contribution in [0.15, 0.2) is 48.5 Å². The molecule has 2 rings (SSSR count). The molecule has 1 unspecified atom stereocenters. The van der Waals surface area contributed by atoms with Crippen LogP contribution in [0, 0.1) is 6.92 Å². The number of alkyl halides is 3. The van der Waals surface area contributed by atoms with Gasteiger partial charge >= 0.3 is 6.18 Å². The summed E-state index contributed by atoms with van der Waals surface area (Å²) in [5.74, 6) is 0. The van der Waals surface area contributed by atoms with E-state index < -0.39 is 19.5 Å². The fourth-order valence-corrected chi connectivity index (χ4v) is 2.75. The first kappa shape index (κ1) is 13.8. The van der Waals surface area contributed by atoms with Gasteiger partial charge in [0, 0.05) is 10.6 Å². The van der Waals surface area contributed by atoms with Gasteiger partial charge in [0.15, 0.2) is 0 Å². The van der Waals surface area contributed by atoms with Gasteiger partial charge in [-0.2, -0.15) is 13.2 Å². The summed E-state index contributed by atoms with van der Waals surface area (Å²) in [6, 6.07) is 11.5. The van der Waals surface area contributed by atoms with Crippen molar-refractivity contribution in [1.82, 2.24) is 0 Å². The highest BCUT2D eigenvalue weighted by molar-refractivity contribution is 7.61. The van der Waals surface area contributed by atoms with Gasteiger partial charge in [0.05, 0.1) is 5.56 Å². The number of hydrogen-bond acceptors (Lipinski definition) is 1. The fourth-order valence-electron chi connectivity index (χ4n) is 1.62. The van der Waals surface area contributed by atoms with Crippen LogP contribution in [0.1, 0.15) is 11.1 Å². The lowest BCUT2D eigenvalue weighted by molar-refractivity contribution is -0.137. The van der Waals surface area contributed by atoms with Crippen molar-refractivity contribution < 1.29 is 17.7 Å². The molecule has 0 heterocycles. The normalized spacial score (nSPS) is 12.3. The van der Waals surface area contributed by atoms with E-state index in [1.807, 2.05) is 19.1 Å². The van der Waals surface area contributed by atoms with Gasteiger partial charge in [-0.15, -0.1) is 0 Å². The maximum Gasteiger partial charge on any atom is 0.416 e. The van der Waals surface area contributed by atoms with Crippen LogP contribution in [-0.4, -0.2) is 0 Å². The minimum atomic E-state index is -4.37. The molecule has 0 bridgehead atoms. The fraction of sp³-hybridized carbons (Fsp3) is 0.143. The van der Waals surface area contributed by atoms with Crippen molar-refractivity contribution >= 4 is 18.4 Å². The molecule has 0 saturated heterocycles. The van der Waals surface area contributed by atoms with E-state index in [-0.39, 0.29) is 0 Å². The zero-order valence-corrected chi connectivity index (χ0v) is 11.0. The first-order valence-corrected chi connectivity index (χ1v) is 6.85. The van der Waals surface area contributed by atoms with E-state index in [9.17, 15) is 17.7 Å². The minimum Gasteiger partial charge on any atom is -0.277 e. The van der Waals surface area contributed by atoms with E-state index in [1.54, 1.807) is 12.1 Å². The molecule has 1 radical (unpaired) electrons. The topological polar surface area (TPSA) is 17.1 Å². The maximum atomic E-state index is 12.4. The molecule has 0 N–H and O–H groups in total. The lowest BCUT2D eigenvalue weighted by Gasteiger charge is -2.07. The van der Waals surface area contributed by atoms with Crippen LogP contribution in [0.4, 0.5) is 13.2 Å². The van der Waals surface area contributed by atoms with Crippen molar-refractivity contribution in [3.63, 3.8) is 0 Å². The monoisotopic (exact) mass is 283 g/mol. The van der Waals surface area contributed by atoms with Crippen LogP contribution in [-0.2, 0) is 10.7 Å². The van der Waals surface area contributed by atoms with E-state index in [0.29, 0.717) is 10.6 Å². The molecule has 2 aromatic carbocycles. The van der Waals surface area contributed by atoms with Gasteiger partial charge in [0.1, 0.15) is 7.80 Å². The summed E-state index contributed by atoms with van der Waals surface area (Å²) >= 11 is 0. The maximum absolute atomic E-state index is 12.4. The molecule has 0 amide bonds. The van der Waals surface area contributed by atoms with E-state index in [2.05, 4.69) is 0 Å². The molecule has 0 aliphatic heterocycles. The smallest absolute Gasteiger partial charge is 0.277 e. The van der Waals surface area contributed by atoms with Crippen LogP contribution in [0.3, 0.4) is 0 Å². The Morgan fingerprint density at radius 3 is 1.68 bits per heavy atom. The van der Waals surface area contributed by atoms with E-state index >= 15 is 0 Å². The van der Waals surface area contributed by atoms with Gasteiger partial charge in [-0.1, -0.05) is 17.7 Å². The zero-order chi connectivity index (χ0) is 14.0. The third-order valence-electron chi connectivity index (χ3n) is 2.70. The summed E-state index contributed by atoms with van der Waals surface area (Å²) in [4.78, 5) is 0. The van der Waals surface area contributed by atoms with Gasteiger partial charge in [-0.25, -0.2) is 0 Å². The molecule has 1 nitrogen and oxygen atoms in total. The minimum absolute atomic E-state index is 0.395. The molecule has 0 aliphatic carbocycles. The molecule has 0 fully saturated rings. The predicted octanol–water partition coefficient (Wildman–Crippen LogP) is 3.79. The highest BCUT2D eigenvalue weighted by Gasteiger charge is 2.30. The van der Waals surface area contributed by atoms with E-state index in [4.69, 9.17) is 0 Å². The molecule has 19 heavy (non-hydrogen) atoms. The SMILES string of the molecule is Cc1ccc([P](=O)c2ccc(C(F)(F)F)cc2)cc1. The van der Waals surface area contributed by atoms with Crippen LogP contribution < -0.4 is 10.6 Å². The highest BCUT2D eigenvalue weighted by Crippen LogP contribution is 2.29. The molecule has 0 aliphatic rings. The second-order valence-corrected chi connectivity index (χ2v) is 5.80. The summed E-state index contributed by atoms with van der Waals surface area (Å²) in [7, 11) is -1.85. The van der Waals surface area contributed by atoms with Crippen LogP contribution >= 0.6 is 7.80 Å². The second-order valence-electron chi connectivity index (χ2n) is 4.17. The number of aryl methyl sites for hydroxylation is 1.